The molecule has 1 aromatic carbocycles. The molecule has 114 valence electrons. The van der Waals surface area contributed by atoms with Crippen molar-refractivity contribution in [1.82, 2.24) is 15.6 Å². The zero-order valence-electron chi connectivity index (χ0n) is 12.2. The maximum atomic E-state index is 12.3. The van der Waals surface area contributed by atoms with Gasteiger partial charge in [-0.05, 0) is 30.5 Å². The Balaban J connectivity index is 1.57. The Hall–Kier alpha value is -3.15. The normalized spacial score (nSPS) is 12.9. The average molecular weight is 306 g/mol. The van der Waals surface area contributed by atoms with Crippen molar-refractivity contribution in [3.8, 4) is 11.3 Å². The van der Waals surface area contributed by atoms with Crippen molar-refractivity contribution < 1.29 is 9.21 Å². The number of nitrogens with one attached hydrogen (secondary N) is 2. The van der Waals surface area contributed by atoms with Crippen LogP contribution in [0.3, 0.4) is 0 Å². The van der Waals surface area contributed by atoms with Gasteiger partial charge in [-0.3, -0.25) is 9.89 Å². The van der Waals surface area contributed by atoms with Crippen LogP contribution < -0.4 is 5.43 Å². The third-order valence-electron chi connectivity index (χ3n) is 3.91. The van der Waals surface area contributed by atoms with Crippen molar-refractivity contribution in [3.63, 3.8) is 0 Å². The summed E-state index contributed by atoms with van der Waals surface area (Å²) in [7, 11) is 0. The van der Waals surface area contributed by atoms with Crippen molar-refractivity contribution in [3.05, 3.63) is 65.2 Å². The first-order valence-electron chi connectivity index (χ1n) is 7.35. The SMILES string of the molecule is O=C(N/N=C/c1ccco1)c1[nH]nc2c1CCc1ccccc1-2. The third kappa shape index (κ3) is 2.44. The van der Waals surface area contributed by atoms with Crippen LogP contribution in [0.4, 0.5) is 0 Å². The summed E-state index contributed by atoms with van der Waals surface area (Å²) in [5, 5.41) is 11.1. The van der Waals surface area contributed by atoms with Gasteiger partial charge in [-0.1, -0.05) is 24.3 Å². The van der Waals surface area contributed by atoms with Gasteiger partial charge in [0.15, 0.2) is 0 Å². The number of aromatic amines is 1. The van der Waals surface area contributed by atoms with Gasteiger partial charge in [0.2, 0.25) is 0 Å². The van der Waals surface area contributed by atoms with E-state index in [1.54, 1.807) is 18.4 Å². The first-order chi connectivity index (χ1) is 11.3. The number of benzene rings is 1. The van der Waals surface area contributed by atoms with Crippen molar-refractivity contribution >= 4 is 12.1 Å². The van der Waals surface area contributed by atoms with Crippen LogP contribution in [0.15, 0.2) is 52.2 Å². The highest BCUT2D eigenvalue weighted by Gasteiger charge is 2.24. The molecule has 0 saturated carbocycles. The van der Waals surface area contributed by atoms with Crippen LogP contribution in [-0.4, -0.2) is 22.3 Å². The molecule has 4 rings (SSSR count). The van der Waals surface area contributed by atoms with Crippen molar-refractivity contribution in [1.29, 1.82) is 0 Å². The number of rotatable bonds is 3. The molecule has 0 bridgehead atoms. The van der Waals surface area contributed by atoms with Crippen LogP contribution in [0.25, 0.3) is 11.3 Å². The Morgan fingerprint density at radius 2 is 2.17 bits per heavy atom. The smallest absolute Gasteiger partial charge is 0.289 e. The monoisotopic (exact) mass is 306 g/mol. The Labute approximate surface area is 132 Å². The number of hydrogen-bond donors (Lipinski definition) is 2. The third-order valence-corrected chi connectivity index (χ3v) is 3.91. The van der Waals surface area contributed by atoms with Crippen LogP contribution in [0.5, 0.6) is 0 Å². The highest BCUT2D eigenvalue weighted by atomic mass is 16.3. The molecule has 1 amide bonds. The number of H-pyrrole nitrogens is 1. The fourth-order valence-electron chi connectivity index (χ4n) is 2.82. The minimum atomic E-state index is -0.305. The number of carbonyl (C=O) groups is 1. The molecule has 0 saturated heterocycles. The molecule has 6 nitrogen and oxygen atoms in total. The molecule has 1 aliphatic carbocycles. The van der Waals surface area contributed by atoms with Gasteiger partial charge in [0.25, 0.3) is 5.91 Å². The molecule has 0 aliphatic heterocycles. The predicted octanol–water partition coefficient (Wildman–Crippen LogP) is 2.53. The second-order valence-corrected chi connectivity index (χ2v) is 5.30. The van der Waals surface area contributed by atoms with Gasteiger partial charge in [-0.15, -0.1) is 0 Å². The van der Waals surface area contributed by atoms with E-state index in [-0.39, 0.29) is 5.91 Å². The molecule has 0 radical (unpaired) electrons. The Morgan fingerprint density at radius 1 is 1.26 bits per heavy atom. The molecule has 3 aromatic rings. The zero-order valence-corrected chi connectivity index (χ0v) is 12.2. The predicted molar refractivity (Wildman–Crippen MR) is 85.2 cm³/mol. The van der Waals surface area contributed by atoms with E-state index in [0.29, 0.717) is 11.5 Å². The largest absolute Gasteiger partial charge is 0.463 e. The van der Waals surface area contributed by atoms with Gasteiger partial charge in [0.1, 0.15) is 11.5 Å². The fraction of sp³-hybridized carbons (Fsp3) is 0.118. The highest BCUT2D eigenvalue weighted by molar-refractivity contribution is 5.96. The number of hydrogen-bond acceptors (Lipinski definition) is 4. The number of furan rings is 1. The maximum absolute atomic E-state index is 12.3. The van der Waals surface area contributed by atoms with Crippen LogP contribution in [-0.2, 0) is 12.8 Å². The topological polar surface area (TPSA) is 83.3 Å². The van der Waals surface area contributed by atoms with Gasteiger partial charge in [-0.2, -0.15) is 10.2 Å². The highest BCUT2D eigenvalue weighted by Crippen LogP contribution is 2.33. The average Bonchev–Trinajstić information content (AvgIpc) is 3.24. The number of carbonyl (C=O) groups excluding carboxylic acids is 1. The summed E-state index contributed by atoms with van der Waals surface area (Å²) in [6, 6.07) is 11.6. The fourth-order valence-corrected chi connectivity index (χ4v) is 2.82. The molecule has 6 heteroatoms. The molecule has 2 aromatic heterocycles. The quantitative estimate of drug-likeness (QED) is 0.576. The van der Waals surface area contributed by atoms with Gasteiger partial charge in [0, 0.05) is 11.1 Å². The molecule has 0 spiro atoms. The van der Waals surface area contributed by atoms with Gasteiger partial charge in [-0.25, -0.2) is 5.43 Å². The molecule has 0 unspecified atom stereocenters. The number of fused-ring (bicyclic) bond motifs is 3. The lowest BCUT2D eigenvalue weighted by atomic mass is 9.89. The van der Waals surface area contributed by atoms with E-state index in [9.17, 15) is 4.79 Å². The Kier molecular flexibility index (Phi) is 3.27. The van der Waals surface area contributed by atoms with Gasteiger partial charge in [0.05, 0.1) is 18.2 Å². The number of aryl methyl sites for hydroxylation is 1. The number of nitrogens with zero attached hydrogens (tertiary/aromatic N) is 2. The lowest BCUT2D eigenvalue weighted by molar-refractivity contribution is 0.0949. The van der Waals surface area contributed by atoms with E-state index < -0.39 is 0 Å². The van der Waals surface area contributed by atoms with Gasteiger partial charge >= 0.3 is 0 Å². The van der Waals surface area contributed by atoms with Crippen molar-refractivity contribution in [2.45, 2.75) is 12.8 Å². The van der Waals surface area contributed by atoms with E-state index >= 15 is 0 Å². The lowest BCUT2D eigenvalue weighted by Crippen LogP contribution is -2.20. The zero-order chi connectivity index (χ0) is 15.6. The van der Waals surface area contributed by atoms with E-state index in [2.05, 4.69) is 26.8 Å². The number of aromatic nitrogens is 2. The second-order valence-electron chi connectivity index (χ2n) is 5.30. The van der Waals surface area contributed by atoms with E-state index in [4.69, 9.17) is 4.42 Å². The second kappa shape index (κ2) is 5.57. The minimum Gasteiger partial charge on any atom is -0.463 e. The summed E-state index contributed by atoms with van der Waals surface area (Å²) in [5.41, 5.74) is 7.10. The van der Waals surface area contributed by atoms with Crippen LogP contribution >= 0.6 is 0 Å². The van der Waals surface area contributed by atoms with E-state index in [1.165, 1.54) is 11.8 Å². The molecular formula is C17H14N4O2. The van der Waals surface area contributed by atoms with Crippen LogP contribution in [0.2, 0.25) is 0 Å². The summed E-state index contributed by atoms with van der Waals surface area (Å²) in [6.45, 7) is 0. The Bertz CT molecular complexity index is 878. The summed E-state index contributed by atoms with van der Waals surface area (Å²) in [6.07, 6.45) is 4.69. The summed E-state index contributed by atoms with van der Waals surface area (Å²) < 4.78 is 5.11. The standard InChI is InChI=1S/C17H14N4O2/c22-17(21-18-10-12-5-3-9-23-12)16-14-8-7-11-4-1-2-6-13(11)15(14)19-20-16/h1-6,9-10H,7-8H2,(H,19,20)(H,21,22)/b18-10+. The van der Waals surface area contributed by atoms with Crippen LogP contribution in [0.1, 0.15) is 27.4 Å². The molecule has 2 N–H and O–H groups in total. The minimum absolute atomic E-state index is 0.305. The number of amides is 1. The molecular weight excluding hydrogens is 292 g/mol. The number of hydrazone groups is 1. The first-order valence-corrected chi connectivity index (χ1v) is 7.35. The molecule has 23 heavy (non-hydrogen) atoms. The summed E-state index contributed by atoms with van der Waals surface area (Å²) in [4.78, 5) is 12.3. The van der Waals surface area contributed by atoms with Crippen LogP contribution in [0, 0.1) is 0 Å². The summed E-state index contributed by atoms with van der Waals surface area (Å²) in [5.74, 6) is 0.270. The maximum Gasteiger partial charge on any atom is 0.289 e. The van der Waals surface area contributed by atoms with E-state index in [0.717, 1.165) is 29.7 Å². The lowest BCUT2D eigenvalue weighted by Gasteiger charge is -2.15. The first kappa shape index (κ1) is 13.5. The van der Waals surface area contributed by atoms with Crippen molar-refractivity contribution in [2.24, 2.45) is 5.10 Å². The van der Waals surface area contributed by atoms with Gasteiger partial charge < -0.3 is 4.42 Å². The molecule has 2 heterocycles. The Morgan fingerprint density at radius 3 is 3.04 bits per heavy atom. The molecule has 1 aliphatic rings. The summed E-state index contributed by atoms with van der Waals surface area (Å²) >= 11 is 0. The molecule has 0 fully saturated rings. The van der Waals surface area contributed by atoms with E-state index in [1.807, 2.05) is 18.2 Å². The molecule has 0 atom stereocenters. The van der Waals surface area contributed by atoms with Crippen molar-refractivity contribution in [2.75, 3.05) is 0 Å².